The van der Waals surface area contributed by atoms with Gasteiger partial charge in [-0.15, -0.1) is 0 Å². The maximum absolute atomic E-state index is 11.1. The molecule has 0 aliphatic carbocycles. The molecule has 3 N–H and O–H groups in total. The number of hydrogen-bond acceptors (Lipinski definition) is 4. The lowest BCUT2D eigenvalue weighted by Gasteiger charge is -2.08. The summed E-state index contributed by atoms with van der Waals surface area (Å²) in [5.74, 6) is -0.104. The van der Waals surface area contributed by atoms with Gasteiger partial charge in [-0.3, -0.25) is 4.40 Å². The largest absolute Gasteiger partial charge is 0.482 e. The Hall–Kier alpha value is -2.08. The van der Waals surface area contributed by atoms with Crippen LogP contribution in [-0.4, -0.2) is 27.6 Å². The second-order valence-electron chi connectivity index (χ2n) is 3.70. The summed E-state index contributed by atoms with van der Waals surface area (Å²) in [7, 11) is 1.51. The van der Waals surface area contributed by atoms with Crippen molar-refractivity contribution in [2.24, 2.45) is 5.73 Å². The lowest BCUT2D eigenvalue weighted by atomic mass is 10.3. The van der Waals surface area contributed by atoms with Gasteiger partial charge in [-0.2, -0.15) is 0 Å². The van der Waals surface area contributed by atoms with Gasteiger partial charge in [0.2, 0.25) is 0 Å². The van der Waals surface area contributed by atoms with Gasteiger partial charge >= 0.3 is 5.97 Å². The molecule has 0 spiro atoms. The lowest BCUT2D eigenvalue weighted by molar-refractivity contribution is 0.0693. The van der Waals surface area contributed by atoms with Crippen LogP contribution in [0.1, 0.15) is 29.3 Å². The third-order valence-corrected chi connectivity index (χ3v) is 2.47. The first-order valence-corrected chi connectivity index (χ1v) is 5.10. The van der Waals surface area contributed by atoms with E-state index in [9.17, 15) is 4.79 Å². The van der Waals surface area contributed by atoms with Crippen molar-refractivity contribution in [1.82, 2.24) is 9.38 Å². The van der Waals surface area contributed by atoms with Crippen LogP contribution in [0.5, 0.6) is 5.88 Å². The van der Waals surface area contributed by atoms with Gasteiger partial charge in [0.15, 0.2) is 11.6 Å². The number of aromatic nitrogens is 2. The van der Waals surface area contributed by atoms with Crippen molar-refractivity contribution in [2.75, 3.05) is 7.11 Å². The second-order valence-corrected chi connectivity index (χ2v) is 3.70. The van der Waals surface area contributed by atoms with Crippen LogP contribution >= 0.6 is 0 Å². The van der Waals surface area contributed by atoms with E-state index in [1.165, 1.54) is 7.11 Å². The predicted molar refractivity (Wildman–Crippen MR) is 61.3 cm³/mol. The van der Waals surface area contributed by atoms with Crippen molar-refractivity contribution in [1.29, 1.82) is 0 Å². The number of methoxy groups -OCH3 is 1. The molecule has 2 heterocycles. The van der Waals surface area contributed by atoms with Crippen LogP contribution in [-0.2, 0) is 0 Å². The molecule has 17 heavy (non-hydrogen) atoms. The minimum absolute atomic E-state index is 0.0174. The molecular formula is C11H13N3O3. The van der Waals surface area contributed by atoms with Gasteiger partial charge in [0, 0.05) is 0 Å². The molecule has 0 aliphatic rings. The number of aromatic carboxylic acids is 1. The van der Waals surface area contributed by atoms with Gasteiger partial charge < -0.3 is 15.6 Å². The molecule has 0 saturated heterocycles. The van der Waals surface area contributed by atoms with E-state index in [0.29, 0.717) is 17.2 Å². The second kappa shape index (κ2) is 4.06. The Bertz CT molecular complexity index is 575. The van der Waals surface area contributed by atoms with E-state index in [4.69, 9.17) is 15.6 Å². The van der Waals surface area contributed by atoms with Crippen LogP contribution in [0, 0.1) is 0 Å². The average Bonchev–Trinajstić information content (AvgIpc) is 2.68. The summed E-state index contributed by atoms with van der Waals surface area (Å²) in [5.41, 5.74) is 6.24. The molecule has 0 aromatic carbocycles. The number of pyridine rings is 1. The molecular weight excluding hydrogens is 222 g/mol. The zero-order chi connectivity index (χ0) is 12.6. The Labute approximate surface area is 97.6 Å². The Balaban J connectivity index is 2.86. The topological polar surface area (TPSA) is 89.8 Å². The van der Waals surface area contributed by atoms with Crippen LogP contribution in [0.15, 0.2) is 18.2 Å². The number of nitrogens with two attached hydrogens (primary N) is 1. The normalized spacial score (nSPS) is 12.6. The van der Waals surface area contributed by atoms with E-state index < -0.39 is 5.97 Å². The van der Waals surface area contributed by atoms with Crippen molar-refractivity contribution in [3.8, 4) is 5.88 Å². The SMILES string of the molecule is COc1cccc2c(C(=O)O)nc(C(C)N)n12. The third kappa shape index (κ3) is 1.72. The number of carboxylic acid groups (broad SMARTS) is 1. The van der Waals surface area contributed by atoms with E-state index in [1.54, 1.807) is 29.5 Å². The average molecular weight is 235 g/mol. The fourth-order valence-electron chi connectivity index (χ4n) is 1.75. The number of imidazole rings is 1. The van der Waals surface area contributed by atoms with Crippen molar-refractivity contribution in [2.45, 2.75) is 13.0 Å². The zero-order valence-corrected chi connectivity index (χ0v) is 9.54. The Morgan fingerprint density at radius 3 is 2.82 bits per heavy atom. The first kappa shape index (κ1) is 11.4. The number of rotatable bonds is 3. The maximum Gasteiger partial charge on any atom is 0.356 e. The molecule has 0 bridgehead atoms. The number of ether oxygens (including phenoxy) is 1. The summed E-state index contributed by atoms with van der Waals surface area (Å²) in [6.45, 7) is 1.74. The molecule has 1 unspecified atom stereocenters. The Kier molecular flexibility index (Phi) is 2.72. The first-order valence-electron chi connectivity index (χ1n) is 5.10. The highest BCUT2D eigenvalue weighted by Crippen LogP contribution is 2.23. The number of carboxylic acids is 1. The van der Waals surface area contributed by atoms with Gasteiger partial charge in [0.25, 0.3) is 0 Å². The van der Waals surface area contributed by atoms with E-state index in [2.05, 4.69) is 4.98 Å². The molecule has 2 aromatic heterocycles. The van der Waals surface area contributed by atoms with Crippen LogP contribution in [0.4, 0.5) is 0 Å². The van der Waals surface area contributed by atoms with E-state index in [1.807, 2.05) is 0 Å². The number of nitrogens with zero attached hydrogens (tertiary/aromatic N) is 2. The summed E-state index contributed by atoms with van der Waals surface area (Å²) in [4.78, 5) is 15.1. The summed E-state index contributed by atoms with van der Waals surface area (Å²) < 4.78 is 6.81. The number of fused-ring (bicyclic) bond motifs is 1. The maximum atomic E-state index is 11.1. The van der Waals surface area contributed by atoms with Crippen molar-refractivity contribution in [3.63, 3.8) is 0 Å². The summed E-state index contributed by atoms with van der Waals surface area (Å²) >= 11 is 0. The number of carbonyl (C=O) groups is 1. The Morgan fingerprint density at radius 1 is 1.59 bits per heavy atom. The van der Waals surface area contributed by atoms with Crippen molar-refractivity contribution in [3.05, 3.63) is 29.7 Å². The summed E-state index contributed by atoms with van der Waals surface area (Å²) in [6, 6.07) is 4.73. The molecule has 0 saturated carbocycles. The van der Waals surface area contributed by atoms with Crippen LogP contribution in [0.25, 0.3) is 5.52 Å². The molecule has 0 fully saturated rings. The van der Waals surface area contributed by atoms with Crippen LogP contribution in [0.3, 0.4) is 0 Å². The van der Waals surface area contributed by atoms with E-state index in [-0.39, 0.29) is 11.7 Å². The predicted octanol–water partition coefficient (Wildman–Crippen LogP) is 1.06. The Morgan fingerprint density at radius 2 is 2.29 bits per heavy atom. The highest BCUT2D eigenvalue weighted by atomic mass is 16.5. The number of hydrogen-bond donors (Lipinski definition) is 2. The zero-order valence-electron chi connectivity index (χ0n) is 9.54. The smallest absolute Gasteiger partial charge is 0.356 e. The van der Waals surface area contributed by atoms with Gasteiger partial charge in [-0.05, 0) is 19.1 Å². The molecule has 90 valence electrons. The van der Waals surface area contributed by atoms with E-state index in [0.717, 1.165) is 0 Å². The standard InChI is InChI=1S/C11H13N3O3/c1-6(12)10-13-9(11(15)16)7-4-3-5-8(17-2)14(7)10/h3-6H,12H2,1-2H3,(H,15,16). The van der Waals surface area contributed by atoms with Crippen molar-refractivity contribution >= 4 is 11.5 Å². The molecule has 6 nitrogen and oxygen atoms in total. The first-order chi connectivity index (χ1) is 8.06. The molecule has 0 aliphatic heterocycles. The summed E-state index contributed by atoms with van der Waals surface area (Å²) in [5, 5.41) is 9.08. The van der Waals surface area contributed by atoms with Crippen molar-refractivity contribution < 1.29 is 14.6 Å². The van der Waals surface area contributed by atoms with Gasteiger partial charge in [0.1, 0.15) is 5.82 Å². The quantitative estimate of drug-likeness (QED) is 0.830. The van der Waals surface area contributed by atoms with Gasteiger partial charge in [0.05, 0.1) is 18.7 Å². The highest BCUT2D eigenvalue weighted by Gasteiger charge is 2.20. The molecule has 2 aromatic rings. The minimum Gasteiger partial charge on any atom is -0.482 e. The van der Waals surface area contributed by atoms with Crippen LogP contribution < -0.4 is 10.5 Å². The third-order valence-electron chi connectivity index (χ3n) is 2.47. The van der Waals surface area contributed by atoms with E-state index >= 15 is 0 Å². The molecule has 6 heteroatoms. The molecule has 2 rings (SSSR count). The molecule has 1 atom stereocenters. The summed E-state index contributed by atoms with van der Waals surface area (Å²) in [6.07, 6.45) is 0. The van der Waals surface area contributed by atoms with Crippen LogP contribution in [0.2, 0.25) is 0 Å². The molecule has 0 radical (unpaired) electrons. The monoisotopic (exact) mass is 235 g/mol. The fourth-order valence-corrected chi connectivity index (χ4v) is 1.75. The molecule has 0 amide bonds. The minimum atomic E-state index is -1.08. The highest BCUT2D eigenvalue weighted by molar-refractivity contribution is 5.93. The lowest BCUT2D eigenvalue weighted by Crippen LogP contribution is -2.10. The van der Waals surface area contributed by atoms with Gasteiger partial charge in [-0.1, -0.05) is 6.07 Å². The fraction of sp³-hybridized carbons (Fsp3) is 0.273. The van der Waals surface area contributed by atoms with Gasteiger partial charge in [-0.25, -0.2) is 9.78 Å².